The monoisotopic (exact) mass is 907 g/mol. The second kappa shape index (κ2) is 16.1. The van der Waals surface area contributed by atoms with Gasteiger partial charge in [0.15, 0.2) is 8.07 Å². The minimum absolute atomic E-state index is 1.13. The summed E-state index contributed by atoms with van der Waals surface area (Å²) < 4.78 is 7.36. The molecule has 4 heteroatoms. The lowest BCUT2D eigenvalue weighted by molar-refractivity contribution is 1.15. The number of rotatable bonds is 8. The number of hydrogen-bond acceptors (Lipinski definition) is 0. The summed E-state index contributed by atoms with van der Waals surface area (Å²) in [6.07, 6.45) is 0. The highest BCUT2D eigenvalue weighted by Crippen LogP contribution is 2.40. The highest BCUT2D eigenvalue weighted by molar-refractivity contribution is 7.19. The predicted molar refractivity (Wildman–Crippen MR) is 299 cm³/mol. The van der Waals surface area contributed by atoms with Crippen molar-refractivity contribution in [2.75, 3.05) is 0 Å². The molecule has 3 nitrogen and oxygen atoms in total. The van der Waals surface area contributed by atoms with Crippen molar-refractivity contribution < 1.29 is 0 Å². The second-order valence-electron chi connectivity index (χ2n) is 18.5. The number of aromatic nitrogens is 3. The van der Waals surface area contributed by atoms with E-state index in [9.17, 15) is 0 Å². The van der Waals surface area contributed by atoms with Gasteiger partial charge in [-0.25, -0.2) is 0 Å². The van der Waals surface area contributed by atoms with Crippen LogP contribution in [-0.2, 0) is 0 Å². The van der Waals surface area contributed by atoms with Gasteiger partial charge >= 0.3 is 0 Å². The fourth-order valence-corrected chi connectivity index (χ4v) is 16.5. The SMILES string of the molecule is c1ccc(-c2ccc3c(c2)c2ccccc2n3-c2ccc3c4ccccc4n(-c4ccc5c(c4)c4ccccc4n5-c4ccc([Si](c5ccccc5)(c5ccccc5)c5ccccc5)cc4)c3c2)cc1. The van der Waals surface area contributed by atoms with Crippen LogP contribution in [0.15, 0.2) is 273 Å². The lowest BCUT2D eigenvalue weighted by Crippen LogP contribution is -2.74. The van der Waals surface area contributed by atoms with Crippen LogP contribution < -0.4 is 20.7 Å². The Hall–Kier alpha value is -8.96. The second-order valence-corrected chi connectivity index (χ2v) is 22.3. The van der Waals surface area contributed by atoms with Gasteiger partial charge in [0.25, 0.3) is 0 Å². The Morgan fingerprint density at radius 3 is 1.11 bits per heavy atom. The van der Waals surface area contributed by atoms with E-state index in [2.05, 4.69) is 287 Å². The Balaban J connectivity index is 0.934. The van der Waals surface area contributed by atoms with Gasteiger partial charge in [0, 0.05) is 49.4 Å². The molecule has 0 amide bonds. The van der Waals surface area contributed by atoms with E-state index in [1.807, 2.05) is 0 Å². The summed E-state index contributed by atoms with van der Waals surface area (Å²) in [5, 5.41) is 12.9. The molecule has 0 spiro atoms. The molecule has 14 rings (SSSR count). The lowest BCUT2D eigenvalue weighted by atomic mass is 10.0. The van der Waals surface area contributed by atoms with E-state index in [-0.39, 0.29) is 0 Å². The molecule has 0 atom stereocenters. The third kappa shape index (κ3) is 6.07. The molecule has 0 aliphatic rings. The molecule has 3 aromatic heterocycles. The lowest BCUT2D eigenvalue weighted by Gasteiger charge is -2.34. The Morgan fingerprint density at radius 1 is 0.200 bits per heavy atom. The molecule has 14 aromatic rings. The third-order valence-electron chi connectivity index (χ3n) is 14.8. The van der Waals surface area contributed by atoms with Crippen LogP contribution in [0, 0.1) is 0 Å². The number of hydrogen-bond donors (Lipinski definition) is 0. The smallest absolute Gasteiger partial charge is 0.179 e. The van der Waals surface area contributed by atoms with Crippen LogP contribution in [0.1, 0.15) is 0 Å². The Labute approximate surface area is 407 Å². The summed E-state index contributed by atoms with van der Waals surface area (Å²) in [5.74, 6) is 0. The summed E-state index contributed by atoms with van der Waals surface area (Å²) in [5.41, 5.74) is 13.0. The van der Waals surface area contributed by atoms with Gasteiger partial charge in [0.05, 0.1) is 33.1 Å². The molecule has 11 aromatic carbocycles. The van der Waals surface area contributed by atoms with E-state index in [4.69, 9.17) is 0 Å². The minimum Gasteiger partial charge on any atom is -0.309 e. The Morgan fingerprint density at radius 2 is 0.557 bits per heavy atom. The van der Waals surface area contributed by atoms with Gasteiger partial charge in [-0.15, -0.1) is 0 Å². The molecule has 70 heavy (non-hydrogen) atoms. The average Bonchev–Trinajstić information content (AvgIpc) is 4.07. The van der Waals surface area contributed by atoms with Gasteiger partial charge < -0.3 is 13.7 Å². The maximum atomic E-state index is 2.47. The molecule has 328 valence electrons. The van der Waals surface area contributed by atoms with Gasteiger partial charge in [-0.3, -0.25) is 0 Å². The summed E-state index contributed by atoms with van der Waals surface area (Å²) in [6.45, 7) is 0. The average molecular weight is 908 g/mol. The van der Waals surface area contributed by atoms with Crippen molar-refractivity contribution in [2.24, 2.45) is 0 Å². The molecular formula is C66H45N3Si. The van der Waals surface area contributed by atoms with Crippen molar-refractivity contribution >= 4 is 94.2 Å². The van der Waals surface area contributed by atoms with Gasteiger partial charge in [-0.05, 0) is 105 Å². The number of nitrogens with zero attached hydrogens (tertiary/aromatic N) is 3. The first-order chi connectivity index (χ1) is 34.7. The minimum atomic E-state index is -2.68. The van der Waals surface area contributed by atoms with Crippen LogP contribution >= 0.6 is 0 Å². The van der Waals surface area contributed by atoms with Crippen LogP contribution in [0.2, 0.25) is 0 Å². The molecule has 0 bridgehead atoms. The van der Waals surface area contributed by atoms with E-state index >= 15 is 0 Å². The quantitative estimate of drug-likeness (QED) is 0.107. The van der Waals surface area contributed by atoms with Crippen LogP contribution in [0.25, 0.3) is 93.6 Å². The molecule has 0 aliphatic carbocycles. The van der Waals surface area contributed by atoms with Gasteiger partial charge in [0.1, 0.15) is 0 Å². The van der Waals surface area contributed by atoms with Crippen molar-refractivity contribution in [3.05, 3.63) is 273 Å². The maximum Gasteiger partial charge on any atom is 0.179 e. The van der Waals surface area contributed by atoms with Crippen molar-refractivity contribution in [1.82, 2.24) is 13.7 Å². The highest BCUT2D eigenvalue weighted by Gasteiger charge is 2.41. The van der Waals surface area contributed by atoms with E-state index in [0.717, 1.165) is 17.1 Å². The third-order valence-corrected chi connectivity index (χ3v) is 19.6. The molecule has 0 radical (unpaired) electrons. The van der Waals surface area contributed by atoms with E-state index in [0.29, 0.717) is 0 Å². The topological polar surface area (TPSA) is 14.8 Å². The zero-order chi connectivity index (χ0) is 46.2. The zero-order valence-corrected chi connectivity index (χ0v) is 39.3. The fourth-order valence-electron chi connectivity index (χ4n) is 11.7. The predicted octanol–water partition coefficient (Wildman–Crippen LogP) is 14.0. The maximum absolute atomic E-state index is 2.68. The molecule has 0 aliphatic heterocycles. The largest absolute Gasteiger partial charge is 0.309 e. The molecule has 0 N–H and O–H groups in total. The summed E-state index contributed by atoms with van der Waals surface area (Å²) >= 11 is 0. The van der Waals surface area contributed by atoms with Crippen molar-refractivity contribution in [1.29, 1.82) is 0 Å². The summed E-state index contributed by atoms with van der Waals surface area (Å²) in [4.78, 5) is 0. The molecular weight excluding hydrogens is 863 g/mol. The van der Waals surface area contributed by atoms with Crippen molar-refractivity contribution in [3.63, 3.8) is 0 Å². The van der Waals surface area contributed by atoms with E-state index in [1.54, 1.807) is 0 Å². The van der Waals surface area contributed by atoms with Crippen molar-refractivity contribution in [2.45, 2.75) is 0 Å². The first kappa shape index (κ1) is 40.1. The number of para-hydroxylation sites is 3. The Bertz CT molecular complexity index is 4170. The number of benzene rings is 11. The van der Waals surface area contributed by atoms with Gasteiger partial charge in [0.2, 0.25) is 0 Å². The van der Waals surface area contributed by atoms with E-state index in [1.165, 1.54) is 97.3 Å². The van der Waals surface area contributed by atoms with Gasteiger partial charge in [-0.2, -0.15) is 0 Å². The molecule has 0 fully saturated rings. The molecule has 0 saturated heterocycles. The highest BCUT2D eigenvalue weighted by atomic mass is 28.3. The Kier molecular flexibility index (Phi) is 9.23. The van der Waals surface area contributed by atoms with Crippen LogP contribution in [0.3, 0.4) is 0 Å². The normalized spacial score (nSPS) is 12.0. The van der Waals surface area contributed by atoms with Crippen LogP contribution in [0.5, 0.6) is 0 Å². The summed E-state index contributed by atoms with van der Waals surface area (Å²) in [6, 6.07) is 101. The first-order valence-electron chi connectivity index (χ1n) is 24.2. The molecule has 0 saturated carbocycles. The zero-order valence-electron chi connectivity index (χ0n) is 38.3. The van der Waals surface area contributed by atoms with Crippen molar-refractivity contribution in [3.8, 4) is 28.2 Å². The van der Waals surface area contributed by atoms with Gasteiger partial charge in [-0.1, -0.05) is 200 Å². The van der Waals surface area contributed by atoms with Crippen LogP contribution in [0.4, 0.5) is 0 Å². The standard InChI is InChI=1S/C66H45N3Si/c1-5-19-46(20-6-1)47-33-41-64-59(43-47)56-28-14-18-32-63(56)68(64)50-36-40-58-55-27-13-16-30-61(55)69(66(58)45-50)49-37-42-65-60(44-49)57-29-15-17-31-62(57)67(65)48-34-38-54(39-35-48)70(51-21-7-2-8-22-51,52-23-9-3-10-24-52)53-25-11-4-12-26-53/h1-45H. The van der Waals surface area contributed by atoms with E-state index < -0.39 is 8.07 Å². The first-order valence-corrected chi connectivity index (χ1v) is 26.2. The fraction of sp³-hybridized carbons (Fsp3) is 0. The number of fused-ring (bicyclic) bond motifs is 9. The van der Waals surface area contributed by atoms with Crippen LogP contribution in [-0.4, -0.2) is 21.8 Å². The molecule has 0 unspecified atom stereocenters. The molecule has 3 heterocycles. The summed E-state index contributed by atoms with van der Waals surface area (Å²) in [7, 11) is -2.68.